The first kappa shape index (κ1) is 17.9. The van der Waals surface area contributed by atoms with Gasteiger partial charge in [0.2, 0.25) is 0 Å². The van der Waals surface area contributed by atoms with Gasteiger partial charge < -0.3 is 5.32 Å². The average molecular weight is 348 g/mol. The second-order valence-corrected chi connectivity index (χ2v) is 7.48. The van der Waals surface area contributed by atoms with E-state index in [-0.39, 0.29) is 5.91 Å². The molecule has 0 aliphatic carbocycles. The molecule has 128 valence electrons. The molecule has 1 heterocycles. The predicted octanol–water partition coefficient (Wildman–Crippen LogP) is 1.25. The fourth-order valence-electron chi connectivity index (χ4n) is 1.98. The van der Waals surface area contributed by atoms with Crippen LogP contribution in [0, 0.1) is 0 Å². The van der Waals surface area contributed by atoms with Gasteiger partial charge in [0, 0.05) is 32.9 Å². The molecule has 0 spiro atoms. The lowest BCUT2D eigenvalue weighted by Crippen LogP contribution is -2.37. The van der Waals surface area contributed by atoms with Gasteiger partial charge in [0.1, 0.15) is 0 Å². The smallest absolute Gasteiger partial charge is 0.303 e. The minimum atomic E-state index is -3.55. The number of hydrogen-bond donors (Lipinski definition) is 1. The topological polar surface area (TPSA) is 82.6 Å². The third kappa shape index (κ3) is 4.09. The highest BCUT2D eigenvalue weighted by Gasteiger charge is 2.21. The van der Waals surface area contributed by atoms with Crippen molar-refractivity contribution >= 4 is 21.8 Å². The molecular formula is C16H20N4O3S. The summed E-state index contributed by atoms with van der Waals surface area (Å²) >= 11 is 0. The first-order chi connectivity index (χ1) is 11.3. The molecule has 1 amide bonds. The number of pyridine rings is 1. The lowest BCUT2D eigenvalue weighted by Gasteiger charge is -2.23. The summed E-state index contributed by atoms with van der Waals surface area (Å²) < 4.78 is 26.4. The van der Waals surface area contributed by atoms with Gasteiger partial charge in [0.25, 0.3) is 5.91 Å². The van der Waals surface area contributed by atoms with Crippen LogP contribution in [0.3, 0.4) is 0 Å². The molecule has 0 atom stereocenters. The Kier molecular flexibility index (Phi) is 5.53. The monoisotopic (exact) mass is 348 g/mol. The number of amides is 1. The molecule has 0 aliphatic heterocycles. The zero-order chi connectivity index (χ0) is 17.7. The van der Waals surface area contributed by atoms with Gasteiger partial charge in [0.05, 0.1) is 17.9 Å². The molecule has 1 N–H and O–H groups in total. The Labute approximate surface area is 142 Å². The van der Waals surface area contributed by atoms with Gasteiger partial charge >= 0.3 is 10.2 Å². The Morgan fingerprint density at radius 3 is 2.29 bits per heavy atom. The summed E-state index contributed by atoms with van der Waals surface area (Å²) in [6.45, 7) is 0.330. The van der Waals surface area contributed by atoms with E-state index in [0.29, 0.717) is 17.8 Å². The molecule has 0 fully saturated rings. The van der Waals surface area contributed by atoms with Crippen molar-refractivity contribution in [2.45, 2.75) is 6.54 Å². The van der Waals surface area contributed by atoms with E-state index in [2.05, 4.69) is 10.3 Å². The molecule has 0 saturated heterocycles. The van der Waals surface area contributed by atoms with E-state index in [9.17, 15) is 13.2 Å². The van der Waals surface area contributed by atoms with Crippen molar-refractivity contribution in [3.63, 3.8) is 0 Å². The molecular weight excluding hydrogens is 328 g/mol. The molecule has 24 heavy (non-hydrogen) atoms. The number of benzene rings is 1. The Hall–Kier alpha value is -2.45. The fourth-order valence-corrected chi connectivity index (χ4v) is 2.85. The van der Waals surface area contributed by atoms with Crippen molar-refractivity contribution in [3.05, 3.63) is 59.9 Å². The van der Waals surface area contributed by atoms with Crippen LogP contribution >= 0.6 is 0 Å². The number of hydrogen-bond acceptors (Lipinski definition) is 4. The van der Waals surface area contributed by atoms with E-state index in [1.165, 1.54) is 21.1 Å². The highest BCUT2D eigenvalue weighted by atomic mass is 32.2. The summed E-state index contributed by atoms with van der Waals surface area (Å²) in [5.74, 6) is -0.245. The number of carbonyl (C=O) groups is 1. The standard InChI is InChI=1S/C16H20N4O3S/c1-19(2)24(22,23)20(3)15-9-7-13(8-10-15)16(21)18-12-14-6-4-5-11-17-14/h4-11H,12H2,1-3H3,(H,18,21). The molecule has 7 nitrogen and oxygen atoms in total. The van der Waals surface area contributed by atoms with Crippen molar-refractivity contribution in [2.24, 2.45) is 0 Å². The summed E-state index contributed by atoms with van der Waals surface area (Å²) in [5, 5.41) is 2.77. The van der Waals surface area contributed by atoms with E-state index in [4.69, 9.17) is 0 Å². The Morgan fingerprint density at radius 1 is 1.08 bits per heavy atom. The van der Waals surface area contributed by atoms with Gasteiger partial charge in [0.15, 0.2) is 0 Å². The number of carbonyl (C=O) groups excluding carboxylic acids is 1. The largest absolute Gasteiger partial charge is 0.346 e. The van der Waals surface area contributed by atoms with Crippen LogP contribution in [0.1, 0.15) is 16.1 Å². The minimum absolute atomic E-state index is 0.245. The van der Waals surface area contributed by atoms with Crippen LogP contribution in [0.25, 0.3) is 0 Å². The predicted molar refractivity (Wildman–Crippen MR) is 92.9 cm³/mol. The molecule has 0 aliphatic rings. The fraction of sp³-hybridized carbons (Fsp3) is 0.250. The van der Waals surface area contributed by atoms with Gasteiger partial charge in [-0.05, 0) is 36.4 Å². The Morgan fingerprint density at radius 2 is 1.75 bits per heavy atom. The van der Waals surface area contributed by atoms with E-state index in [1.807, 2.05) is 18.2 Å². The van der Waals surface area contributed by atoms with Crippen LogP contribution in [-0.2, 0) is 16.8 Å². The minimum Gasteiger partial charge on any atom is -0.346 e. The second kappa shape index (κ2) is 7.41. The Bertz CT molecular complexity index is 790. The van der Waals surface area contributed by atoms with Crippen LogP contribution in [0.5, 0.6) is 0 Å². The maximum atomic E-state index is 12.1. The third-order valence-electron chi connectivity index (χ3n) is 3.46. The van der Waals surface area contributed by atoms with Gasteiger partial charge in [-0.3, -0.25) is 14.1 Å². The lowest BCUT2D eigenvalue weighted by molar-refractivity contribution is 0.0950. The third-order valence-corrected chi connectivity index (χ3v) is 5.28. The highest BCUT2D eigenvalue weighted by molar-refractivity contribution is 7.90. The van der Waals surface area contributed by atoms with Gasteiger partial charge in [-0.2, -0.15) is 12.7 Å². The Balaban J connectivity index is 2.05. The lowest BCUT2D eigenvalue weighted by atomic mass is 10.2. The summed E-state index contributed by atoms with van der Waals surface area (Å²) in [4.78, 5) is 16.3. The van der Waals surface area contributed by atoms with Crippen molar-refractivity contribution in [3.8, 4) is 0 Å². The zero-order valence-corrected chi connectivity index (χ0v) is 14.6. The second-order valence-electron chi connectivity index (χ2n) is 5.31. The number of aromatic nitrogens is 1. The van der Waals surface area contributed by atoms with E-state index < -0.39 is 10.2 Å². The van der Waals surface area contributed by atoms with E-state index >= 15 is 0 Å². The zero-order valence-electron chi connectivity index (χ0n) is 13.8. The maximum Gasteiger partial charge on any atom is 0.303 e. The molecule has 0 radical (unpaired) electrons. The van der Waals surface area contributed by atoms with Crippen molar-refractivity contribution in [1.82, 2.24) is 14.6 Å². The van der Waals surface area contributed by atoms with E-state index in [0.717, 1.165) is 14.3 Å². The number of rotatable bonds is 6. The van der Waals surface area contributed by atoms with Crippen LogP contribution in [-0.4, -0.2) is 44.8 Å². The van der Waals surface area contributed by atoms with Gasteiger partial charge in [-0.1, -0.05) is 6.07 Å². The molecule has 0 unspecified atom stereocenters. The molecule has 8 heteroatoms. The molecule has 1 aromatic heterocycles. The normalized spacial score (nSPS) is 11.3. The van der Waals surface area contributed by atoms with E-state index in [1.54, 1.807) is 30.5 Å². The number of nitrogens with one attached hydrogen (secondary N) is 1. The quantitative estimate of drug-likeness (QED) is 0.852. The average Bonchev–Trinajstić information content (AvgIpc) is 2.60. The number of nitrogens with zero attached hydrogens (tertiary/aromatic N) is 3. The molecule has 2 rings (SSSR count). The van der Waals surface area contributed by atoms with Crippen LogP contribution in [0.4, 0.5) is 5.69 Å². The molecule has 1 aromatic carbocycles. The summed E-state index contributed by atoms with van der Waals surface area (Å²) in [7, 11) is 0.839. The first-order valence-corrected chi connectivity index (χ1v) is 8.66. The van der Waals surface area contributed by atoms with Crippen molar-refractivity contribution in [1.29, 1.82) is 0 Å². The first-order valence-electron chi connectivity index (χ1n) is 7.27. The van der Waals surface area contributed by atoms with Crippen LogP contribution in [0.2, 0.25) is 0 Å². The molecule has 0 saturated carbocycles. The SMILES string of the molecule is CN(C)S(=O)(=O)N(C)c1ccc(C(=O)NCc2ccccn2)cc1. The van der Waals surface area contributed by atoms with Gasteiger partial charge in [-0.15, -0.1) is 0 Å². The number of anilines is 1. The maximum absolute atomic E-state index is 12.1. The van der Waals surface area contributed by atoms with Crippen molar-refractivity contribution < 1.29 is 13.2 Å². The summed E-state index contributed by atoms with van der Waals surface area (Å²) in [6.07, 6.45) is 1.66. The molecule has 0 bridgehead atoms. The highest BCUT2D eigenvalue weighted by Crippen LogP contribution is 2.18. The van der Waals surface area contributed by atoms with Crippen molar-refractivity contribution in [2.75, 3.05) is 25.4 Å². The van der Waals surface area contributed by atoms with Crippen LogP contribution < -0.4 is 9.62 Å². The summed E-state index contributed by atoms with van der Waals surface area (Å²) in [6, 6.07) is 11.8. The molecule has 2 aromatic rings. The summed E-state index contributed by atoms with van der Waals surface area (Å²) in [5.41, 5.74) is 1.69. The van der Waals surface area contributed by atoms with Crippen LogP contribution in [0.15, 0.2) is 48.7 Å². The van der Waals surface area contributed by atoms with Gasteiger partial charge in [-0.25, -0.2) is 0 Å².